The van der Waals surface area contributed by atoms with Crippen molar-refractivity contribution in [2.75, 3.05) is 0 Å². The Morgan fingerprint density at radius 1 is 1.29 bits per heavy atom. The Labute approximate surface area is 117 Å². The van der Waals surface area contributed by atoms with Crippen LogP contribution in [0.2, 0.25) is 0 Å². The van der Waals surface area contributed by atoms with Crippen LogP contribution in [0.25, 0.3) is 0 Å². The number of hydrogen-bond acceptors (Lipinski definition) is 3. The van der Waals surface area contributed by atoms with E-state index in [-0.39, 0.29) is 6.04 Å². The summed E-state index contributed by atoms with van der Waals surface area (Å²) >= 11 is 6.89. The zero-order chi connectivity index (χ0) is 12.3. The summed E-state index contributed by atoms with van der Waals surface area (Å²) in [7, 11) is 0. The summed E-state index contributed by atoms with van der Waals surface area (Å²) in [5, 5.41) is 0. The van der Waals surface area contributed by atoms with Gasteiger partial charge in [0.15, 0.2) is 0 Å². The minimum Gasteiger partial charge on any atom is -0.466 e. The van der Waals surface area contributed by atoms with Gasteiger partial charge in [-0.15, -0.1) is 0 Å². The van der Waals surface area contributed by atoms with Crippen LogP contribution in [0.5, 0.6) is 0 Å². The van der Waals surface area contributed by atoms with Gasteiger partial charge in [-0.25, -0.2) is 5.43 Å². The Hall–Kier alpha value is -0.620. The Bertz CT molecular complexity index is 499. The van der Waals surface area contributed by atoms with Crippen molar-refractivity contribution in [2.24, 2.45) is 5.84 Å². The van der Waals surface area contributed by atoms with Crippen LogP contribution in [0, 0.1) is 0 Å². The number of nitrogens with one attached hydrogen (secondary N) is 1. The van der Waals surface area contributed by atoms with Gasteiger partial charge in [0, 0.05) is 4.47 Å². The van der Waals surface area contributed by atoms with Crippen LogP contribution in [0.15, 0.2) is 50.0 Å². The van der Waals surface area contributed by atoms with Crippen molar-refractivity contribution in [3.8, 4) is 0 Å². The molecule has 2 aromatic rings. The Morgan fingerprint density at radius 2 is 2.12 bits per heavy atom. The first-order chi connectivity index (χ1) is 8.20. The van der Waals surface area contributed by atoms with Gasteiger partial charge in [-0.05, 0) is 46.1 Å². The molecule has 0 bridgehead atoms. The lowest BCUT2D eigenvalue weighted by atomic mass is 10.0. The molecule has 3 nitrogen and oxygen atoms in total. The van der Waals surface area contributed by atoms with Crippen molar-refractivity contribution in [1.29, 1.82) is 0 Å². The molecule has 0 saturated carbocycles. The standard InChI is InChI=1S/C12H12Br2N2O/c13-9-3-1-2-8(6-9)7-11(16-15)12-10(14)4-5-17-12/h1-6,11,16H,7,15H2. The second kappa shape index (κ2) is 5.82. The fraction of sp³-hybridized carbons (Fsp3) is 0.167. The molecule has 0 aliphatic heterocycles. The third kappa shape index (κ3) is 3.19. The number of rotatable bonds is 4. The minimum atomic E-state index is -0.0475. The van der Waals surface area contributed by atoms with E-state index in [1.807, 2.05) is 18.2 Å². The summed E-state index contributed by atoms with van der Waals surface area (Å²) in [5.74, 6) is 6.39. The van der Waals surface area contributed by atoms with Gasteiger partial charge >= 0.3 is 0 Å². The number of furan rings is 1. The van der Waals surface area contributed by atoms with Crippen molar-refractivity contribution in [3.63, 3.8) is 0 Å². The molecule has 2 rings (SSSR count). The van der Waals surface area contributed by atoms with Crippen molar-refractivity contribution in [2.45, 2.75) is 12.5 Å². The third-order valence-electron chi connectivity index (χ3n) is 2.49. The lowest BCUT2D eigenvalue weighted by Crippen LogP contribution is -2.29. The summed E-state index contributed by atoms with van der Waals surface area (Å²) in [4.78, 5) is 0. The van der Waals surface area contributed by atoms with Crippen molar-refractivity contribution in [1.82, 2.24) is 5.43 Å². The predicted octanol–water partition coefficient (Wildman–Crippen LogP) is 3.55. The molecule has 1 heterocycles. The van der Waals surface area contributed by atoms with E-state index in [1.54, 1.807) is 6.26 Å². The van der Waals surface area contributed by atoms with Crippen LogP contribution in [-0.2, 0) is 6.42 Å². The maximum Gasteiger partial charge on any atom is 0.136 e. The molecule has 0 spiro atoms. The number of hydrogen-bond donors (Lipinski definition) is 2. The molecule has 1 aromatic carbocycles. The van der Waals surface area contributed by atoms with Crippen LogP contribution >= 0.6 is 31.9 Å². The maximum absolute atomic E-state index is 5.58. The van der Waals surface area contributed by atoms with Crippen LogP contribution in [0.4, 0.5) is 0 Å². The van der Waals surface area contributed by atoms with Gasteiger partial charge < -0.3 is 4.42 Å². The number of halogens is 2. The lowest BCUT2D eigenvalue weighted by molar-refractivity contribution is 0.413. The largest absolute Gasteiger partial charge is 0.466 e. The highest BCUT2D eigenvalue weighted by molar-refractivity contribution is 9.10. The van der Waals surface area contributed by atoms with Gasteiger partial charge in [0.2, 0.25) is 0 Å². The van der Waals surface area contributed by atoms with E-state index in [1.165, 1.54) is 5.56 Å². The first kappa shape index (κ1) is 12.8. The normalized spacial score (nSPS) is 12.6. The van der Waals surface area contributed by atoms with E-state index >= 15 is 0 Å². The van der Waals surface area contributed by atoms with Crippen LogP contribution in [-0.4, -0.2) is 0 Å². The van der Waals surface area contributed by atoms with Crippen LogP contribution in [0.1, 0.15) is 17.4 Å². The number of benzene rings is 1. The molecular formula is C12H12Br2N2O. The van der Waals surface area contributed by atoms with Gasteiger partial charge in [-0.1, -0.05) is 28.1 Å². The molecule has 1 aromatic heterocycles. The summed E-state index contributed by atoms with van der Waals surface area (Å²) in [6.07, 6.45) is 2.41. The topological polar surface area (TPSA) is 51.2 Å². The second-order valence-corrected chi connectivity index (χ2v) is 5.46. The SMILES string of the molecule is NNC(Cc1cccc(Br)c1)c1occc1Br. The lowest BCUT2D eigenvalue weighted by Gasteiger charge is -2.14. The molecular weight excluding hydrogens is 348 g/mol. The van der Waals surface area contributed by atoms with Gasteiger partial charge in [0.25, 0.3) is 0 Å². The molecule has 1 atom stereocenters. The molecule has 0 fully saturated rings. The quantitative estimate of drug-likeness (QED) is 0.648. The summed E-state index contributed by atoms with van der Waals surface area (Å²) in [6.45, 7) is 0. The zero-order valence-electron chi connectivity index (χ0n) is 8.99. The van der Waals surface area contributed by atoms with E-state index < -0.39 is 0 Å². The average molecular weight is 360 g/mol. The van der Waals surface area contributed by atoms with E-state index in [0.29, 0.717) is 0 Å². The molecule has 0 amide bonds. The average Bonchev–Trinajstić information content (AvgIpc) is 2.72. The molecule has 0 aliphatic carbocycles. The Balaban J connectivity index is 2.19. The number of nitrogens with two attached hydrogens (primary N) is 1. The van der Waals surface area contributed by atoms with E-state index in [2.05, 4.69) is 49.4 Å². The van der Waals surface area contributed by atoms with Gasteiger partial charge in [-0.3, -0.25) is 5.84 Å². The molecule has 3 N–H and O–H groups in total. The minimum absolute atomic E-state index is 0.0475. The molecule has 1 unspecified atom stereocenters. The van der Waals surface area contributed by atoms with Gasteiger partial charge in [-0.2, -0.15) is 0 Å². The van der Waals surface area contributed by atoms with Crippen molar-refractivity contribution in [3.05, 3.63) is 56.9 Å². The first-order valence-corrected chi connectivity index (χ1v) is 6.72. The second-order valence-electron chi connectivity index (χ2n) is 3.69. The van der Waals surface area contributed by atoms with E-state index in [9.17, 15) is 0 Å². The fourth-order valence-electron chi connectivity index (χ4n) is 1.68. The molecule has 0 saturated heterocycles. The summed E-state index contributed by atoms with van der Waals surface area (Å²) < 4.78 is 7.40. The molecule has 0 radical (unpaired) electrons. The van der Waals surface area contributed by atoms with E-state index in [4.69, 9.17) is 10.3 Å². The summed E-state index contributed by atoms with van der Waals surface area (Å²) in [6, 6.07) is 9.95. The summed E-state index contributed by atoms with van der Waals surface area (Å²) in [5.41, 5.74) is 3.96. The smallest absolute Gasteiger partial charge is 0.136 e. The monoisotopic (exact) mass is 358 g/mol. The molecule has 17 heavy (non-hydrogen) atoms. The van der Waals surface area contributed by atoms with Crippen LogP contribution in [0.3, 0.4) is 0 Å². The Morgan fingerprint density at radius 3 is 2.71 bits per heavy atom. The predicted molar refractivity (Wildman–Crippen MR) is 74.3 cm³/mol. The van der Waals surface area contributed by atoms with Crippen molar-refractivity contribution >= 4 is 31.9 Å². The molecule has 0 aliphatic rings. The fourth-order valence-corrected chi connectivity index (χ4v) is 2.61. The van der Waals surface area contributed by atoms with Crippen LogP contribution < -0.4 is 11.3 Å². The highest BCUT2D eigenvalue weighted by Crippen LogP contribution is 2.27. The van der Waals surface area contributed by atoms with Gasteiger partial charge in [0.05, 0.1) is 16.8 Å². The van der Waals surface area contributed by atoms with Gasteiger partial charge in [0.1, 0.15) is 5.76 Å². The molecule has 5 heteroatoms. The highest BCUT2D eigenvalue weighted by Gasteiger charge is 2.17. The Kier molecular flexibility index (Phi) is 4.39. The third-order valence-corrected chi connectivity index (χ3v) is 3.64. The first-order valence-electron chi connectivity index (χ1n) is 5.14. The zero-order valence-corrected chi connectivity index (χ0v) is 12.2. The number of hydrazine groups is 1. The highest BCUT2D eigenvalue weighted by atomic mass is 79.9. The van der Waals surface area contributed by atoms with E-state index in [0.717, 1.165) is 21.1 Å². The molecule has 90 valence electrons. The van der Waals surface area contributed by atoms with Crippen molar-refractivity contribution < 1.29 is 4.42 Å². The maximum atomic E-state index is 5.58.